The van der Waals surface area contributed by atoms with E-state index in [2.05, 4.69) is 34.2 Å². The van der Waals surface area contributed by atoms with Crippen LogP contribution >= 0.6 is 11.8 Å². The Hall–Kier alpha value is -4.24. The number of carbonyl (C=O) groups is 1. The van der Waals surface area contributed by atoms with Gasteiger partial charge in [-0.15, -0.1) is 0 Å². The van der Waals surface area contributed by atoms with Gasteiger partial charge in [-0.25, -0.2) is 5.01 Å². The van der Waals surface area contributed by atoms with Crippen LogP contribution in [0.15, 0.2) is 81.7 Å². The van der Waals surface area contributed by atoms with Crippen LogP contribution in [-0.4, -0.2) is 57.2 Å². The summed E-state index contributed by atoms with van der Waals surface area (Å²) in [5.41, 5.74) is 4.96. The number of hydrogen-bond acceptors (Lipinski definition) is 8. The Morgan fingerprint density at radius 1 is 0.923 bits per heavy atom. The second-order valence-corrected chi connectivity index (χ2v) is 10.3. The first-order valence-electron chi connectivity index (χ1n) is 12.4. The molecule has 2 aliphatic rings. The lowest BCUT2D eigenvalue weighted by Gasteiger charge is -2.23. The minimum absolute atomic E-state index is 0.0993. The number of nitrogens with zero attached hydrogens (tertiary/aromatic N) is 4. The smallest absolute Gasteiger partial charge is 0.286 e. The molecule has 2 aliphatic heterocycles. The second-order valence-electron chi connectivity index (χ2n) is 9.25. The Morgan fingerprint density at radius 3 is 2.28 bits per heavy atom. The van der Waals surface area contributed by atoms with Crippen LogP contribution < -0.4 is 19.1 Å². The highest BCUT2D eigenvalue weighted by atomic mass is 32.2. The summed E-state index contributed by atoms with van der Waals surface area (Å²) in [6.45, 7) is 0. The summed E-state index contributed by atoms with van der Waals surface area (Å²) in [7, 11) is 8.86. The third kappa shape index (κ3) is 5.49. The molecule has 2 heterocycles. The number of thioether (sulfide) groups is 1. The number of amides is 1. The van der Waals surface area contributed by atoms with E-state index in [0.29, 0.717) is 28.0 Å². The van der Waals surface area contributed by atoms with Crippen LogP contribution in [0.5, 0.6) is 17.2 Å². The van der Waals surface area contributed by atoms with Crippen molar-refractivity contribution >= 4 is 40.3 Å². The van der Waals surface area contributed by atoms with Crippen molar-refractivity contribution in [2.75, 3.05) is 40.3 Å². The number of carbonyl (C=O) groups excluding carboxylic acids is 1. The summed E-state index contributed by atoms with van der Waals surface area (Å²) in [4.78, 5) is 20.0. The highest BCUT2D eigenvalue weighted by molar-refractivity contribution is 8.18. The molecular formula is C30H30N4O4S. The van der Waals surface area contributed by atoms with Gasteiger partial charge >= 0.3 is 0 Å². The highest BCUT2D eigenvalue weighted by Crippen LogP contribution is 2.40. The van der Waals surface area contributed by atoms with E-state index in [-0.39, 0.29) is 11.9 Å². The van der Waals surface area contributed by atoms with Crippen molar-refractivity contribution in [3.8, 4) is 17.2 Å². The quantitative estimate of drug-likeness (QED) is 0.360. The molecule has 5 rings (SSSR count). The van der Waals surface area contributed by atoms with Crippen LogP contribution in [-0.2, 0) is 4.79 Å². The first-order valence-corrected chi connectivity index (χ1v) is 13.2. The van der Waals surface area contributed by atoms with E-state index in [1.54, 1.807) is 21.3 Å². The summed E-state index contributed by atoms with van der Waals surface area (Å²) in [6.07, 6.45) is 2.49. The SMILES string of the molecule is COc1ccc(C2=NN(C3=NC(=O)/C(=C/c4ccc(OC)c(OC)c4)S3)C(c3ccc(N(C)C)cc3)C2)cc1. The first kappa shape index (κ1) is 26.4. The monoisotopic (exact) mass is 542 g/mol. The number of rotatable bonds is 7. The van der Waals surface area contributed by atoms with E-state index in [1.165, 1.54) is 11.8 Å². The van der Waals surface area contributed by atoms with Gasteiger partial charge in [0.05, 0.1) is 38.0 Å². The molecule has 1 unspecified atom stereocenters. The Morgan fingerprint density at radius 2 is 1.64 bits per heavy atom. The Labute approximate surface area is 232 Å². The molecule has 0 aliphatic carbocycles. The molecule has 200 valence electrons. The Balaban J connectivity index is 1.46. The minimum Gasteiger partial charge on any atom is -0.497 e. The van der Waals surface area contributed by atoms with Crippen LogP contribution in [0.1, 0.15) is 29.2 Å². The number of hydrogen-bond donors (Lipinski definition) is 0. The van der Waals surface area contributed by atoms with Gasteiger partial charge in [-0.3, -0.25) is 4.79 Å². The molecule has 0 radical (unpaired) electrons. The number of anilines is 1. The van der Waals surface area contributed by atoms with Crippen molar-refractivity contribution in [1.82, 2.24) is 5.01 Å². The Kier molecular flexibility index (Phi) is 7.60. The summed E-state index contributed by atoms with van der Waals surface area (Å²) < 4.78 is 16.1. The number of ether oxygens (including phenoxy) is 3. The molecule has 0 N–H and O–H groups in total. The number of aliphatic imine (C=N–C) groups is 1. The predicted octanol–water partition coefficient (Wildman–Crippen LogP) is 5.60. The molecule has 3 aromatic carbocycles. The molecule has 9 heteroatoms. The zero-order valence-electron chi connectivity index (χ0n) is 22.5. The molecule has 0 saturated heterocycles. The van der Waals surface area contributed by atoms with Gasteiger partial charge in [-0.05, 0) is 83.1 Å². The van der Waals surface area contributed by atoms with E-state index in [0.717, 1.165) is 33.8 Å². The summed E-state index contributed by atoms with van der Waals surface area (Å²) in [5, 5.41) is 7.40. The zero-order valence-corrected chi connectivity index (χ0v) is 23.4. The summed E-state index contributed by atoms with van der Waals surface area (Å²) in [6, 6.07) is 21.7. The molecular weight excluding hydrogens is 512 g/mol. The van der Waals surface area contributed by atoms with Crippen molar-refractivity contribution in [2.24, 2.45) is 10.1 Å². The third-order valence-electron chi connectivity index (χ3n) is 6.64. The molecule has 0 aromatic heterocycles. The first-order chi connectivity index (χ1) is 18.9. The highest BCUT2D eigenvalue weighted by Gasteiger charge is 2.36. The van der Waals surface area contributed by atoms with Gasteiger partial charge in [-0.1, -0.05) is 18.2 Å². The van der Waals surface area contributed by atoms with Gasteiger partial charge in [0, 0.05) is 26.2 Å². The number of hydrazone groups is 1. The average molecular weight is 543 g/mol. The van der Waals surface area contributed by atoms with Crippen molar-refractivity contribution < 1.29 is 19.0 Å². The van der Waals surface area contributed by atoms with Gasteiger partial charge in [-0.2, -0.15) is 10.1 Å². The van der Waals surface area contributed by atoms with E-state index in [1.807, 2.05) is 67.6 Å². The topological polar surface area (TPSA) is 76.0 Å². The molecule has 1 amide bonds. The maximum absolute atomic E-state index is 13.0. The molecule has 39 heavy (non-hydrogen) atoms. The molecule has 0 saturated carbocycles. The fraction of sp³-hybridized carbons (Fsp3) is 0.233. The fourth-order valence-corrected chi connectivity index (χ4v) is 5.40. The van der Waals surface area contributed by atoms with Crippen LogP contribution in [0, 0.1) is 0 Å². The van der Waals surface area contributed by atoms with Crippen molar-refractivity contribution in [1.29, 1.82) is 0 Å². The molecule has 1 atom stereocenters. The van der Waals surface area contributed by atoms with E-state index >= 15 is 0 Å². The van der Waals surface area contributed by atoms with Crippen LogP contribution in [0.2, 0.25) is 0 Å². The largest absolute Gasteiger partial charge is 0.497 e. The van der Waals surface area contributed by atoms with Gasteiger partial charge < -0.3 is 19.1 Å². The van der Waals surface area contributed by atoms with Gasteiger partial charge in [0.25, 0.3) is 5.91 Å². The van der Waals surface area contributed by atoms with Gasteiger partial charge in [0.15, 0.2) is 16.7 Å². The average Bonchev–Trinajstić information content (AvgIpc) is 3.57. The third-order valence-corrected chi connectivity index (χ3v) is 7.61. The molecule has 8 nitrogen and oxygen atoms in total. The normalized spacial score (nSPS) is 17.8. The maximum Gasteiger partial charge on any atom is 0.286 e. The minimum atomic E-state index is -0.292. The van der Waals surface area contributed by atoms with Crippen LogP contribution in [0.25, 0.3) is 6.08 Å². The van der Waals surface area contributed by atoms with E-state index in [9.17, 15) is 4.79 Å². The van der Waals surface area contributed by atoms with Gasteiger partial charge in [0.1, 0.15) is 5.75 Å². The van der Waals surface area contributed by atoms with Crippen LogP contribution in [0.3, 0.4) is 0 Å². The lowest BCUT2D eigenvalue weighted by Crippen LogP contribution is -2.23. The lowest BCUT2D eigenvalue weighted by atomic mass is 9.98. The maximum atomic E-state index is 13.0. The lowest BCUT2D eigenvalue weighted by molar-refractivity contribution is -0.113. The molecule has 0 bridgehead atoms. The molecule has 3 aromatic rings. The zero-order chi connectivity index (χ0) is 27.5. The number of methoxy groups -OCH3 is 3. The van der Waals surface area contributed by atoms with Crippen molar-refractivity contribution in [2.45, 2.75) is 12.5 Å². The van der Waals surface area contributed by atoms with Crippen molar-refractivity contribution in [3.05, 3.63) is 88.3 Å². The molecule has 0 fully saturated rings. The molecule has 0 spiro atoms. The number of benzene rings is 3. The van der Waals surface area contributed by atoms with Crippen LogP contribution in [0.4, 0.5) is 5.69 Å². The predicted molar refractivity (Wildman–Crippen MR) is 157 cm³/mol. The van der Waals surface area contributed by atoms with E-state index < -0.39 is 0 Å². The van der Waals surface area contributed by atoms with E-state index in [4.69, 9.17) is 19.3 Å². The standard InChI is InChI=1S/C30H30N4O4S/c1-33(2)22-11-7-21(8-12-22)25-18-24(20-9-13-23(36-3)14-10-20)32-34(25)30-31-29(35)28(39-30)17-19-6-15-26(37-4)27(16-19)38-5/h6-17,25H,18H2,1-5H3/b28-17-. The number of amidine groups is 1. The van der Waals surface area contributed by atoms with Gasteiger partial charge in [0.2, 0.25) is 0 Å². The summed E-state index contributed by atoms with van der Waals surface area (Å²) >= 11 is 1.32. The fourth-order valence-electron chi connectivity index (χ4n) is 4.49. The summed E-state index contributed by atoms with van der Waals surface area (Å²) in [5.74, 6) is 1.72. The second kappa shape index (κ2) is 11.2. The van der Waals surface area contributed by atoms with Crippen molar-refractivity contribution in [3.63, 3.8) is 0 Å². The Bertz CT molecular complexity index is 1460.